The predicted octanol–water partition coefficient (Wildman–Crippen LogP) is 2.16. The monoisotopic (exact) mass is 195 g/mol. The highest BCUT2D eigenvalue weighted by molar-refractivity contribution is 5.94. The number of halogens is 1. The van der Waals surface area contributed by atoms with Crippen molar-refractivity contribution in [2.75, 3.05) is 6.67 Å². The number of hydrogen-bond donors (Lipinski definition) is 1. The summed E-state index contributed by atoms with van der Waals surface area (Å²) in [5, 5.41) is 2.72. The molecule has 3 heteroatoms. The summed E-state index contributed by atoms with van der Waals surface area (Å²) < 4.78 is 11.9. The van der Waals surface area contributed by atoms with Crippen molar-refractivity contribution in [1.82, 2.24) is 5.32 Å². The molecule has 0 aliphatic rings. The third-order valence-electron chi connectivity index (χ3n) is 1.96. The molecule has 1 rings (SSSR count). The van der Waals surface area contributed by atoms with E-state index in [1.54, 1.807) is 31.2 Å². The fraction of sp³-hybridized carbons (Fsp3) is 0.364. The molecule has 1 unspecified atom stereocenters. The minimum absolute atomic E-state index is 0.118. The molecule has 0 aliphatic heterocycles. The standard InChI is InChI=1S/C11H14FNO/c1-9(7-8-12)13-11(14)10-5-3-2-4-6-10/h2-6,9H,7-8H2,1H3,(H,13,14). The van der Waals surface area contributed by atoms with Gasteiger partial charge in [-0.15, -0.1) is 0 Å². The Kier molecular flexibility index (Phi) is 4.11. The van der Waals surface area contributed by atoms with E-state index in [1.807, 2.05) is 6.07 Å². The van der Waals surface area contributed by atoms with Gasteiger partial charge in [0, 0.05) is 11.6 Å². The molecule has 1 amide bonds. The number of carbonyl (C=O) groups is 1. The second-order valence-electron chi connectivity index (χ2n) is 3.22. The van der Waals surface area contributed by atoms with Crippen molar-refractivity contribution in [2.24, 2.45) is 0 Å². The normalized spacial score (nSPS) is 12.1. The molecule has 0 fully saturated rings. The van der Waals surface area contributed by atoms with Crippen molar-refractivity contribution in [3.8, 4) is 0 Å². The fourth-order valence-electron chi connectivity index (χ4n) is 1.13. The molecule has 0 bridgehead atoms. The van der Waals surface area contributed by atoms with Crippen LogP contribution in [-0.4, -0.2) is 18.6 Å². The average Bonchev–Trinajstić information content (AvgIpc) is 2.19. The number of alkyl halides is 1. The van der Waals surface area contributed by atoms with E-state index in [2.05, 4.69) is 5.32 Å². The molecule has 1 N–H and O–H groups in total. The molecular formula is C11H14FNO. The van der Waals surface area contributed by atoms with E-state index in [0.29, 0.717) is 12.0 Å². The molecule has 1 aromatic rings. The first-order valence-electron chi connectivity index (χ1n) is 4.66. The molecule has 76 valence electrons. The van der Waals surface area contributed by atoms with E-state index in [4.69, 9.17) is 0 Å². The SMILES string of the molecule is CC(CCF)NC(=O)c1ccccc1. The summed E-state index contributed by atoms with van der Waals surface area (Å²) in [5.74, 6) is -0.147. The maximum atomic E-state index is 11.9. The van der Waals surface area contributed by atoms with Gasteiger partial charge in [-0.2, -0.15) is 0 Å². The summed E-state index contributed by atoms with van der Waals surface area (Å²) in [6.07, 6.45) is 0.360. The van der Waals surface area contributed by atoms with Crippen molar-refractivity contribution in [1.29, 1.82) is 0 Å². The predicted molar refractivity (Wildman–Crippen MR) is 54.0 cm³/mol. The van der Waals surface area contributed by atoms with Crippen LogP contribution in [0.1, 0.15) is 23.7 Å². The summed E-state index contributed by atoms with van der Waals surface area (Å²) in [7, 11) is 0. The van der Waals surface area contributed by atoms with Gasteiger partial charge >= 0.3 is 0 Å². The molecule has 0 aromatic heterocycles. The Morgan fingerprint density at radius 1 is 1.43 bits per heavy atom. The number of benzene rings is 1. The van der Waals surface area contributed by atoms with Crippen LogP contribution in [0.3, 0.4) is 0 Å². The van der Waals surface area contributed by atoms with Crippen molar-refractivity contribution >= 4 is 5.91 Å². The lowest BCUT2D eigenvalue weighted by Crippen LogP contribution is -2.32. The smallest absolute Gasteiger partial charge is 0.251 e. The van der Waals surface area contributed by atoms with Gasteiger partial charge in [0.2, 0.25) is 0 Å². The zero-order valence-electron chi connectivity index (χ0n) is 8.16. The van der Waals surface area contributed by atoms with Gasteiger partial charge < -0.3 is 5.32 Å². The molecule has 0 radical (unpaired) electrons. The Labute approximate surface area is 83.1 Å². The highest BCUT2D eigenvalue weighted by atomic mass is 19.1. The molecule has 1 atom stereocenters. The van der Waals surface area contributed by atoms with Crippen LogP contribution < -0.4 is 5.32 Å². The highest BCUT2D eigenvalue weighted by Crippen LogP contribution is 2.00. The lowest BCUT2D eigenvalue weighted by molar-refractivity contribution is 0.0937. The first-order valence-corrected chi connectivity index (χ1v) is 4.66. The van der Waals surface area contributed by atoms with Gasteiger partial charge in [-0.1, -0.05) is 18.2 Å². The number of nitrogens with one attached hydrogen (secondary N) is 1. The van der Waals surface area contributed by atoms with Gasteiger partial charge in [0.15, 0.2) is 0 Å². The van der Waals surface area contributed by atoms with E-state index in [9.17, 15) is 9.18 Å². The first kappa shape index (κ1) is 10.7. The minimum atomic E-state index is -0.407. The third kappa shape index (κ3) is 3.17. The largest absolute Gasteiger partial charge is 0.349 e. The number of rotatable bonds is 4. The van der Waals surface area contributed by atoms with Crippen LogP contribution in [0, 0.1) is 0 Å². The Balaban J connectivity index is 2.51. The molecule has 0 saturated heterocycles. The summed E-state index contributed by atoms with van der Waals surface area (Å²) in [6.45, 7) is 1.39. The lowest BCUT2D eigenvalue weighted by atomic mass is 10.2. The van der Waals surface area contributed by atoms with Gasteiger partial charge in [-0.25, -0.2) is 0 Å². The van der Waals surface area contributed by atoms with Crippen LogP contribution in [-0.2, 0) is 0 Å². The fourth-order valence-corrected chi connectivity index (χ4v) is 1.13. The third-order valence-corrected chi connectivity index (χ3v) is 1.96. The Morgan fingerprint density at radius 3 is 2.64 bits per heavy atom. The number of amides is 1. The van der Waals surface area contributed by atoms with Crippen LogP contribution in [0.25, 0.3) is 0 Å². The van der Waals surface area contributed by atoms with Gasteiger partial charge in [0.1, 0.15) is 0 Å². The van der Waals surface area contributed by atoms with E-state index >= 15 is 0 Å². The van der Waals surface area contributed by atoms with Crippen molar-refractivity contribution in [2.45, 2.75) is 19.4 Å². The first-order chi connectivity index (χ1) is 6.74. The summed E-state index contributed by atoms with van der Waals surface area (Å²) in [4.78, 5) is 11.5. The van der Waals surface area contributed by atoms with E-state index in [1.165, 1.54) is 0 Å². The van der Waals surface area contributed by atoms with Crippen LogP contribution in [0.5, 0.6) is 0 Å². The maximum Gasteiger partial charge on any atom is 0.251 e. The molecule has 0 spiro atoms. The second kappa shape index (κ2) is 5.37. The lowest BCUT2D eigenvalue weighted by Gasteiger charge is -2.11. The Morgan fingerprint density at radius 2 is 2.07 bits per heavy atom. The Hall–Kier alpha value is -1.38. The van der Waals surface area contributed by atoms with Crippen LogP contribution in [0.15, 0.2) is 30.3 Å². The van der Waals surface area contributed by atoms with E-state index in [0.717, 1.165) is 0 Å². The quantitative estimate of drug-likeness (QED) is 0.783. The van der Waals surface area contributed by atoms with Crippen LogP contribution >= 0.6 is 0 Å². The molecule has 14 heavy (non-hydrogen) atoms. The minimum Gasteiger partial charge on any atom is -0.349 e. The highest BCUT2D eigenvalue weighted by Gasteiger charge is 2.08. The van der Waals surface area contributed by atoms with Crippen LogP contribution in [0.2, 0.25) is 0 Å². The number of hydrogen-bond acceptors (Lipinski definition) is 1. The van der Waals surface area contributed by atoms with Crippen molar-refractivity contribution in [3.05, 3.63) is 35.9 Å². The topological polar surface area (TPSA) is 29.1 Å². The molecule has 0 aliphatic carbocycles. The zero-order chi connectivity index (χ0) is 10.4. The van der Waals surface area contributed by atoms with Crippen molar-refractivity contribution in [3.63, 3.8) is 0 Å². The van der Waals surface area contributed by atoms with E-state index < -0.39 is 6.67 Å². The zero-order valence-corrected chi connectivity index (χ0v) is 8.16. The van der Waals surface area contributed by atoms with Gasteiger partial charge in [0.05, 0.1) is 6.67 Å². The second-order valence-corrected chi connectivity index (χ2v) is 3.22. The van der Waals surface area contributed by atoms with E-state index in [-0.39, 0.29) is 11.9 Å². The molecule has 2 nitrogen and oxygen atoms in total. The summed E-state index contributed by atoms with van der Waals surface area (Å²) in [6, 6.07) is 8.80. The van der Waals surface area contributed by atoms with Gasteiger partial charge in [-0.05, 0) is 25.5 Å². The summed E-state index contributed by atoms with van der Waals surface area (Å²) >= 11 is 0. The molecule has 0 heterocycles. The molecule has 1 aromatic carbocycles. The summed E-state index contributed by atoms with van der Waals surface area (Å²) in [5.41, 5.74) is 0.609. The molecular weight excluding hydrogens is 181 g/mol. The average molecular weight is 195 g/mol. The van der Waals surface area contributed by atoms with Crippen molar-refractivity contribution < 1.29 is 9.18 Å². The molecule has 0 saturated carbocycles. The van der Waals surface area contributed by atoms with Crippen LogP contribution in [0.4, 0.5) is 4.39 Å². The maximum absolute atomic E-state index is 11.9. The Bertz CT molecular complexity index is 287. The number of carbonyl (C=O) groups excluding carboxylic acids is 1. The van der Waals surface area contributed by atoms with Gasteiger partial charge in [0.25, 0.3) is 5.91 Å². The van der Waals surface area contributed by atoms with Gasteiger partial charge in [-0.3, -0.25) is 9.18 Å².